The zero-order chi connectivity index (χ0) is 14.7. The molecule has 3 nitrogen and oxygen atoms in total. The van der Waals surface area contributed by atoms with E-state index in [9.17, 15) is 0 Å². The minimum Gasteiger partial charge on any atom is -0.384 e. The van der Waals surface area contributed by atoms with Crippen molar-refractivity contribution in [2.75, 3.05) is 11.9 Å². The molecule has 0 aliphatic heterocycles. The molecule has 0 fully saturated rings. The Hall–Kier alpha value is -1.81. The number of aryl methyl sites for hydroxylation is 1. The lowest BCUT2D eigenvalue weighted by molar-refractivity contribution is 0.922. The Balaban J connectivity index is 2.17. The summed E-state index contributed by atoms with van der Waals surface area (Å²) in [6.45, 7) is 2.93. The van der Waals surface area contributed by atoms with E-state index in [-0.39, 0.29) is 5.84 Å². The van der Waals surface area contributed by atoms with Crippen molar-refractivity contribution in [2.45, 2.75) is 13.5 Å². The Morgan fingerprint density at radius 2 is 1.85 bits per heavy atom. The van der Waals surface area contributed by atoms with Crippen molar-refractivity contribution >= 4 is 27.5 Å². The maximum absolute atomic E-state index is 7.49. The third-order valence-corrected chi connectivity index (χ3v) is 3.88. The first-order valence-corrected chi connectivity index (χ1v) is 7.17. The van der Waals surface area contributed by atoms with Crippen LogP contribution in [0.4, 0.5) is 5.69 Å². The Kier molecular flexibility index (Phi) is 4.45. The molecule has 3 N–H and O–H groups in total. The molecule has 0 saturated heterocycles. The second-order valence-corrected chi connectivity index (χ2v) is 5.77. The minimum absolute atomic E-state index is 0.0737. The van der Waals surface area contributed by atoms with Crippen LogP contribution in [0.25, 0.3) is 0 Å². The first kappa shape index (κ1) is 14.6. The fourth-order valence-electron chi connectivity index (χ4n) is 2.02. The first-order valence-electron chi connectivity index (χ1n) is 6.38. The summed E-state index contributed by atoms with van der Waals surface area (Å²) in [5, 5.41) is 7.49. The summed E-state index contributed by atoms with van der Waals surface area (Å²) >= 11 is 3.46. The normalized spacial score (nSPS) is 10.3. The second kappa shape index (κ2) is 6.09. The topological polar surface area (TPSA) is 53.1 Å². The van der Waals surface area contributed by atoms with Crippen LogP contribution in [0.5, 0.6) is 0 Å². The molecule has 0 radical (unpaired) electrons. The predicted octanol–water partition coefficient (Wildman–Crippen LogP) is 3.68. The average molecular weight is 332 g/mol. The van der Waals surface area contributed by atoms with E-state index in [1.54, 1.807) is 0 Å². The molecule has 0 saturated carbocycles. The standard InChI is InChI=1S/C16H18BrN3/c1-11-3-5-12(6-4-11)10-20(2)13-7-8-14(16(18)19)15(17)9-13/h3-9H,10H2,1-2H3,(H3,18,19). The third kappa shape index (κ3) is 3.39. The van der Waals surface area contributed by atoms with E-state index in [1.807, 2.05) is 18.2 Å². The zero-order valence-corrected chi connectivity index (χ0v) is 13.2. The molecule has 0 bridgehead atoms. The Bertz CT molecular complexity index is 620. The molecule has 2 rings (SSSR count). The highest BCUT2D eigenvalue weighted by molar-refractivity contribution is 9.10. The van der Waals surface area contributed by atoms with Crippen LogP contribution in [0.3, 0.4) is 0 Å². The van der Waals surface area contributed by atoms with Gasteiger partial charge in [-0.05, 0) is 46.6 Å². The van der Waals surface area contributed by atoms with Crippen LogP contribution in [0.1, 0.15) is 16.7 Å². The van der Waals surface area contributed by atoms with Gasteiger partial charge < -0.3 is 10.6 Å². The highest BCUT2D eigenvalue weighted by atomic mass is 79.9. The third-order valence-electron chi connectivity index (χ3n) is 3.22. The van der Waals surface area contributed by atoms with E-state index >= 15 is 0 Å². The molecule has 20 heavy (non-hydrogen) atoms. The summed E-state index contributed by atoms with van der Waals surface area (Å²) in [5.74, 6) is 0.0737. The molecule has 2 aromatic carbocycles. The van der Waals surface area contributed by atoms with Gasteiger partial charge in [-0.2, -0.15) is 0 Å². The number of nitrogens with two attached hydrogens (primary N) is 1. The Morgan fingerprint density at radius 3 is 2.40 bits per heavy atom. The quantitative estimate of drug-likeness (QED) is 0.663. The van der Waals surface area contributed by atoms with Gasteiger partial charge in [0, 0.05) is 29.3 Å². The van der Waals surface area contributed by atoms with E-state index in [1.165, 1.54) is 11.1 Å². The molecule has 104 valence electrons. The van der Waals surface area contributed by atoms with Crippen LogP contribution in [-0.4, -0.2) is 12.9 Å². The van der Waals surface area contributed by atoms with Crippen molar-refractivity contribution in [1.29, 1.82) is 5.41 Å². The summed E-state index contributed by atoms with van der Waals surface area (Å²) in [6, 6.07) is 14.4. The van der Waals surface area contributed by atoms with Gasteiger partial charge in [0.05, 0.1) is 0 Å². The van der Waals surface area contributed by atoms with Gasteiger partial charge in [-0.3, -0.25) is 5.41 Å². The number of anilines is 1. The van der Waals surface area contributed by atoms with Gasteiger partial charge in [0.15, 0.2) is 0 Å². The van der Waals surface area contributed by atoms with Crippen molar-refractivity contribution in [2.24, 2.45) is 5.73 Å². The van der Waals surface area contributed by atoms with Crippen LogP contribution < -0.4 is 10.6 Å². The SMILES string of the molecule is Cc1ccc(CN(C)c2ccc(C(=N)N)c(Br)c2)cc1. The molecular formula is C16H18BrN3. The summed E-state index contributed by atoms with van der Waals surface area (Å²) in [7, 11) is 2.05. The van der Waals surface area contributed by atoms with E-state index < -0.39 is 0 Å². The lowest BCUT2D eigenvalue weighted by Gasteiger charge is -2.20. The van der Waals surface area contributed by atoms with Gasteiger partial charge in [-0.1, -0.05) is 29.8 Å². The summed E-state index contributed by atoms with van der Waals surface area (Å²) in [5.41, 5.74) is 9.86. The lowest BCUT2D eigenvalue weighted by Crippen LogP contribution is -2.17. The first-order chi connectivity index (χ1) is 9.47. The molecule has 0 spiro atoms. The van der Waals surface area contributed by atoms with E-state index in [2.05, 4.69) is 59.1 Å². The van der Waals surface area contributed by atoms with Crippen LogP contribution in [-0.2, 0) is 6.54 Å². The van der Waals surface area contributed by atoms with E-state index in [0.717, 1.165) is 22.3 Å². The Morgan fingerprint density at radius 1 is 1.20 bits per heavy atom. The average Bonchev–Trinajstić information content (AvgIpc) is 2.40. The fourth-order valence-corrected chi connectivity index (χ4v) is 2.60. The molecule has 2 aromatic rings. The van der Waals surface area contributed by atoms with Gasteiger partial charge in [0.1, 0.15) is 5.84 Å². The highest BCUT2D eigenvalue weighted by Gasteiger charge is 2.07. The lowest BCUT2D eigenvalue weighted by atomic mass is 10.1. The molecule has 0 unspecified atom stereocenters. The number of nitrogens with one attached hydrogen (secondary N) is 1. The highest BCUT2D eigenvalue weighted by Crippen LogP contribution is 2.24. The van der Waals surface area contributed by atoms with Gasteiger partial charge in [-0.15, -0.1) is 0 Å². The maximum Gasteiger partial charge on any atom is 0.123 e. The van der Waals surface area contributed by atoms with Crippen molar-refractivity contribution in [3.63, 3.8) is 0 Å². The molecule has 0 aromatic heterocycles. The van der Waals surface area contributed by atoms with Gasteiger partial charge in [-0.25, -0.2) is 0 Å². The summed E-state index contributed by atoms with van der Waals surface area (Å²) < 4.78 is 0.846. The molecule has 0 heterocycles. The number of amidine groups is 1. The number of rotatable bonds is 4. The number of hydrogen-bond acceptors (Lipinski definition) is 2. The zero-order valence-electron chi connectivity index (χ0n) is 11.7. The largest absolute Gasteiger partial charge is 0.384 e. The molecule has 0 aliphatic carbocycles. The molecule has 0 atom stereocenters. The van der Waals surface area contributed by atoms with E-state index in [0.29, 0.717) is 0 Å². The predicted molar refractivity (Wildman–Crippen MR) is 88.4 cm³/mol. The number of nitrogen functional groups attached to an aromatic ring is 1. The smallest absolute Gasteiger partial charge is 0.123 e. The minimum atomic E-state index is 0.0737. The van der Waals surface area contributed by atoms with Crippen LogP contribution in [0, 0.1) is 12.3 Å². The van der Waals surface area contributed by atoms with Gasteiger partial charge >= 0.3 is 0 Å². The number of hydrogen-bond donors (Lipinski definition) is 2. The van der Waals surface area contributed by atoms with Crippen molar-refractivity contribution in [1.82, 2.24) is 0 Å². The van der Waals surface area contributed by atoms with Gasteiger partial charge in [0.2, 0.25) is 0 Å². The van der Waals surface area contributed by atoms with Crippen LogP contribution in [0.2, 0.25) is 0 Å². The second-order valence-electron chi connectivity index (χ2n) is 4.92. The van der Waals surface area contributed by atoms with Gasteiger partial charge in [0.25, 0.3) is 0 Å². The van der Waals surface area contributed by atoms with Crippen LogP contribution >= 0.6 is 15.9 Å². The number of nitrogens with zero attached hydrogens (tertiary/aromatic N) is 1. The summed E-state index contributed by atoms with van der Waals surface area (Å²) in [4.78, 5) is 2.17. The number of halogens is 1. The molecular weight excluding hydrogens is 314 g/mol. The van der Waals surface area contributed by atoms with Crippen molar-refractivity contribution in [3.05, 3.63) is 63.6 Å². The van der Waals surface area contributed by atoms with Crippen molar-refractivity contribution < 1.29 is 0 Å². The van der Waals surface area contributed by atoms with Crippen LogP contribution in [0.15, 0.2) is 46.9 Å². The maximum atomic E-state index is 7.49. The monoisotopic (exact) mass is 331 g/mol. The van der Waals surface area contributed by atoms with E-state index in [4.69, 9.17) is 11.1 Å². The Labute approximate surface area is 128 Å². The molecule has 4 heteroatoms. The van der Waals surface area contributed by atoms with Crippen molar-refractivity contribution in [3.8, 4) is 0 Å². The fraction of sp³-hybridized carbons (Fsp3) is 0.188. The molecule has 0 aliphatic rings. The summed E-state index contributed by atoms with van der Waals surface area (Å²) in [6.07, 6.45) is 0. The molecule has 0 amide bonds. The number of benzene rings is 2.